The molecule has 0 radical (unpaired) electrons. The SMILES string of the molecule is O=C(O)[C@@H]([C@H](Cc1ccccc1)Oc1ccc(F)cc1[N+](=O)[O-])N(Cc1ccccc1)Cc1ccccc1. The van der Waals surface area contributed by atoms with E-state index in [9.17, 15) is 24.4 Å². The van der Waals surface area contributed by atoms with Crippen molar-refractivity contribution < 1.29 is 24.0 Å². The molecule has 4 aromatic carbocycles. The molecule has 194 valence electrons. The topological polar surface area (TPSA) is 92.9 Å². The third-order valence-corrected chi connectivity index (χ3v) is 6.13. The lowest BCUT2D eigenvalue weighted by Gasteiger charge is -2.34. The van der Waals surface area contributed by atoms with E-state index >= 15 is 0 Å². The Morgan fingerprint density at radius 2 is 1.34 bits per heavy atom. The molecule has 7 nitrogen and oxygen atoms in total. The molecular formula is C30H27FN2O5. The van der Waals surface area contributed by atoms with Crippen LogP contribution < -0.4 is 4.74 Å². The van der Waals surface area contributed by atoms with Crippen LogP contribution in [0, 0.1) is 15.9 Å². The van der Waals surface area contributed by atoms with Crippen molar-refractivity contribution in [1.29, 1.82) is 0 Å². The number of halogens is 1. The smallest absolute Gasteiger partial charge is 0.324 e. The summed E-state index contributed by atoms with van der Waals surface area (Å²) < 4.78 is 19.9. The first-order valence-electron chi connectivity index (χ1n) is 12.1. The van der Waals surface area contributed by atoms with E-state index in [1.165, 1.54) is 6.07 Å². The summed E-state index contributed by atoms with van der Waals surface area (Å²) in [5, 5.41) is 22.2. The van der Waals surface area contributed by atoms with Crippen LogP contribution in [0.25, 0.3) is 0 Å². The number of benzene rings is 4. The molecule has 0 aromatic heterocycles. The lowest BCUT2D eigenvalue weighted by molar-refractivity contribution is -0.386. The minimum atomic E-state index is -1.19. The van der Waals surface area contributed by atoms with Crippen molar-refractivity contribution in [2.45, 2.75) is 31.7 Å². The minimum Gasteiger partial charge on any atom is -0.481 e. The molecule has 0 aliphatic carbocycles. The molecule has 1 N–H and O–H groups in total. The lowest BCUT2D eigenvalue weighted by Crippen LogP contribution is -2.51. The predicted octanol–water partition coefficient (Wildman–Crippen LogP) is 5.88. The third-order valence-electron chi connectivity index (χ3n) is 6.13. The van der Waals surface area contributed by atoms with Crippen molar-refractivity contribution in [2.24, 2.45) is 0 Å². The fraction of sp³-hybridized carbons (Fsp3) is 0.167. The van der Waals surface area contributed by atoms with Crippen molar-refractivity contribution in [3.05, 3.63) is 142 Å². The van der Waals surface area contributed by atoms with Crippen LogP contribution in [0.15, 0.2) is 109 Å². The first-order valence-corrected chi connectivity index (χ1v) is 12.1. The number of carboxylic acid groups (broad SMARTS) is 1. The Kier molecular flexibility index (Phi) is 8.79. The van der Waals surface area contributed by atoms with Crippen LogP contribution in [0.2, 0.25) is 0 Å². The van der Waals surface area contributed by atoms with Gasteiger partial charge in [0.15, 0.2) is 5.75 Å². The predicted molar refractivity (Wildman–Crippen MR) is 141 cm³/mol. The number of hydrogen-bond acceptors (Lipinski definition) is 5. The van der Waals surface area contributed by atoms with Gasteiger partial charge in [-0.15, -0.1) is 0 Å². The molecule has 0 saturated carbocycles. The average molecular weight is 515 g/mol. The molecule has 4 rings (SSSR count). The van der Waals surface area contributed by atoms with Gasteiger partial charge in [0.25, 0.3) is 0 Å². The van der Waals surface area contributed by atoms with Crippen LogP contribution in [0.3, 0.4) is 0 Å². The van der Waals surface area contributed by atoms with Crippen molar-refractivity contribution in [1.82, 2.24) is 4.90 Å². The second-order valence-corrected chi connectivity index (χ2v) is 8.87. The summed E-state index contributed by atoms with van der Waals surface area (Å²) in [6, 6.07) is 29.9. The normalized spacial score (nSPS) is 12.6. The molecule has 0 fully saturated rings. The number of nitrogens with zero attached hydrogens (tertiary/aromatic N) is 2. The number of aliphatic carboxylic acids is 1. The van der Waals surface area contributed by atoms with E-state index in [4.69, 9.17) is 4.74 Å². The summed E-state index contributed by atoms with van der Waals surface area (Å²) in [5.74, 6) is -2.11. The van der Waals surface area contributed by atoms with Gasteiger partial charge in [0.1, 0.15) is 18.0 Å². The summed E-state index contributed by atoms with van der Waals surface area (Å²) in [4.78, 5) is 25.6. The van der Waals surface area contributed by atoms with Gasteiger partial charge in [-0.1, -0.05) is 91.0 Å². The fourth-order valence-corrected chi connectivity index (χ4v) is 4.40. The second kappa shape index (κ2) is 12.6. The number of nitro groups is 1. The number of carbonyl (C=O) groups is 1. The second-order valence-electron chi connectivity index (χ2n) is 8.87. The highest BCUT2D eigenvalue weighted by Crippen LogP contribution is 2.31. The van der Waals surface area contributed by atoms with Crippen LogP contribution in [0.1, 0.15) is 16.7 Å². The average Bonchev–Trinajstić information content (AvgIpc) is 2.91. The quantitative estimate of drug-likeness (QED) is 0.188. The van der Waals surface area contributed by atoms with Gasteiger partial charge in [-0.2, -0.15) is 0 Å². The number of carboxylic acids is 1. The van der Waals surface area contributed by atoms with E-state index in [0.29, 0.717) is 13.1 Å². The number of hydrogen-bond donors (Lipinski definition) is 1. The van der Waals surface area contributed by atoms with Crippen LogP contribution in [0.4, 0.5) is 10.1 Å². The Morgan fingerprint density at radius 3 is 1.82 bits per heavy atom. The van der Waals surface area contributed by atoms with E-state index in [0.717, 1.165) is 28.8 Å². The summed E-state index contributed by atoms with van der Waals surface area (Å²) in [6.45, 7) is 0.597. The highest BCUT2D eigenvalue weighted by Gasteiger charge is 2.37. The van der Waals surface area contributed by atoms with E-state index in [1.807, 2.05) is 91.0 Å². The molecule has 0 amide bonds. The van der Waals surface area contributed by atoms with Gasteiger partial charge in [-0.05, 0) is 28.8 Å². The minimum absolute atomic E-state index is 0.159. The van der Waals surface area contributed by atoms with E-state index in [-0.39, 0.29) is 12.2 Å². The Morgan fingerprint density at radius 1 is 0.842 bits per heavy atom. The summed E-state index contributed by atoms with van der Waals surface area (Å²) >= 11 is 0. The molecule has 0 heterocycles. The Labute approximate surface area is 219 Å². The molecule has 0 bridgehead atoms. The molecule has 0 unspecified atom stereocenters. The summed E-state index contributed by atoms with van der Waals surface area (Å²) in [7, 11) is 0. The van der Waals surface area contributed by atoms with E-state index in [2.05, 4.69) is 0 Å². The van der Waals surface area contributed by atoms with Crippen molar-refractivity contribution in [2.75, 3.05) is 0 Å². The van der Waals surface area contributed by atoms with Crippen molar-refractivity contribution in [3.63, 3.8) is 0 Å². The molecule has 0 aliphatic heterocycles. The standard InChI is InChI=1S/C30H27FN2O5/c31-25-16-17-27(26(19-25)33(36)37)38-28(18-22-10-4-1-5-11-22)29(30(34)35)32(20-23-12-6-2-7-13-23)21-24-14-8-3-9-15-24/h1-17,19,28-29H,18,20-21H2,(H,34,35)/t28-,29+/m0/s1. The molecular weight excluding hydrogens is 487 g/mol. The number of rotatable bonds is 12. The van der Waals surface area contributed by atoms with Crippen LogP contribution >= 0.6 is 0 Å². The van der Waals surface area contributed by atoms with Crippen LogP contribution in [0.5, 0.6) is 5.75 Å². The monoisotopic (exact) mass is 514 g/mol. The summed E-state index contributed by atoms with van der Waals surface area (Å²) in [5.41, 5.74) is 2.04. The molecule has 2 atom stereocenters. The van der Waals surface area contributed by atoms with Gasteiger partial charge in [-0.25, -0.2) is 4.39 Å². The maximum Gasteiger partial charge on any atom is 0.324 e. The van der Waals surface area contributed by atoms with Crippen molar-refractivity contribution in [3.8, 4) is 5.75 Å². The number of nitro benzene ring substituents is 1. The first-order chi connectivity index (χ1) is 18.4. The van der Waals surface area contributed by atoms with Gasteiger partial charge in [-0.3, -0.25) is 19.8 Å². The molecule has 0 spiro atoms. The van der Waals surface area contributed by atoms with E-state index < -0.39 is 34.5 Å². The Hall–Kier alpha value is -4.56. The Bertz CT molecular complexity index is 1310. The first kappa shape index (κ1) is 26.5. The zero-order chi connectivity index (χ0) is 26.9. The molecule has 0 saturated heterocycles. The lowest BCUT2D eigenvalue weighted by atomic mass is 9.99. The maximum atomic E-state index is 13.8. The highest BCUT2D eigenvalue weighted by molar-refractivity contribution is 5.74. The number of ether oxygens (including phenoxy) is 1. The molecule has 0 aliphatic rings. The maximum absolute atomic E-state index is 13.8. The van der Waals surface area contributed by atoms with Crippen LogP contribution in [-0.2, 0) is 24.3 Å². The molecule has 4 aromatic rings. The van der Waals surface area contributed by atoms with Gasteiger partial charge in [0.2, 0.25) is 0 Å². The van der Waals surface area contributed by atoms with E-state index in [1.54, 1.807) is 4.90 Å². The third kappa shape index (κ3) is 7.02. The Balaban J connectivity index is 1.77. The zero-order valence-electron chi connectivity index (χ0n) is 20.5. The van der Waals surface area contributed by atoms with Crippen LogP contribution in [-0.4, -0.2) is 33.0 Å². The van der Waals surface area contributed by atoms with Gasteiger partial charge >= 0.3 is 11.7 Å². The van der Waals surface area contributed by atoms with Gasteiger partial charge in [0, 0.05) is 19.5 Å². The molecule has 8 heteroatoms. The van der Waals surface area contributed by atoms with Gasteiger partial charge in [0.05, 0.1) is 11.0 Å². The van der Waals surface area contributed by atoms with Gasteiger partial charge < -0.3 is 9.84 Å². The molecule has 38 heavy (non-hydrogen) atoms. The zero-order valence-corrected chi connectivity index (χ0v) is 20.5. The largest absolute Gasteiger partial charge is 0.481 e. The fourth-order valence-electron chi connectivity index (χ4n) is 4.40. The van der Waals surface area contributed by atoms with Crippen molar-refractivity contribution >= 4 is 11.7 Å². The summed E-state index contributed by atoms with van der Waals surface area (Å²) in [6.07, 6.45) is -0.877. The highest BCUT2D eigenvalue weighted by atomic mass is 19.1.